The van der Waals surface area contributed by atoms with Gasteiger partial charge >= 0.3 is 0 Å². The van der Waals surface area contributed by atoms with Crippen molar-refractivity contribution in [2.24, 2.45) is 0 Å². The molecule has 1 heterocycles. The molecular formula is C13H20N2. The van der Waals surface area contributed by atoms with Gasteiger partial charge < -0.3 is 10.2 Å². The van der Waals surface area contributed by atoms with E-state index in [2.05, 4.69) is 54.5 Å². The van der Waals surface area contributed by atoms with Crippen LogP contribution in [0.1, 0.15) is 24.9 Å². The quantitative estimate of drug-likeness (QED) is 0.753. The van der Waals surface area contributed by atoms with Gasteiger partial charge in [-0.3, -0.25) is 0 Å². The molecule has 2 unspecified atom stereocenters. The van der Waals surface area contributed by atoms with Crippen molar-refractivity contribution in [1.82, 2.24) is 10.2 Å². The van der Waals surface area contributed by atoms with E-state index in [4.69, 9.17) is 0 Å². The number of likely N-dealkylation sites (N-methyl/N-ethyl adjacent to an activating group) is 1. The van der Waals surface area contributed by atoms with Crippen LogP contribution in [0.25, 0.3) is 0 Å². The Hall–Kier alpha value is -0.860. The Labute approximate surface area is 92.3 Å². The highest BCUT2D eigenvalue weighted by Crippen LogP contribution is 2.18. The second-order valence-electron chi connectivity index (χ2n) is 4.49. The molecule has 0 saturated carbocycles. The molecule has 0 aliphatic carbocycles. The molecule has 0 spiro atoms. The highest BCUT2D eigenvalue weighted by Gasteiger charge is 2.20. The van der Waals surface area contributed by atoms with Gasteiger partial charge in [-0.25, -0.2) is 0 Å². The zero-order valence-corrected chi connectivity index (χ0v) is 9.61. The summed E-state index contributed by atoms with van der Waals surface area (Å²) >= 11 is 0. The second-order valence-corrected chi connectivity index (χ2v) is 4.49. The molecule has 2 atom stereocenters. The minimum absolute atomic E-state index is 0.487. The van der Waals surface area contributed by atoms with Crippen LogP contribution in [0.15, 0.2) is 30.3 Å². The van der Waals surface area contributed by atoms with Gasteiger partial charge in [0.05, 0.1) is 0 Å². The van der Waals surface area contributed by atoms with E-state index in [1.807, 2.05) is 0 Å². The summed E-state index contributed by atoms with van der Waals surface area (Å²) in [6.45, 7) is 4.52. The molecule has 15 heavy (non-hydrogen) atoms. The Morgan fingerprint density at radius 2 is 2.00 bits per heavy atom. The van der Waals surface area contributed by atoms with Gasteiger partial charge in [-0.15, -0.1) is 0 Å². The zero-order valence-electron chi connectivity index (χ0n) is 9.61. The van der Waals surface area contributed by atoms with Crippen molar-refractivity contribution in [3.63, 3.8) is 0 Å². The third-order valence-corrected chi connectivity index (χ3v) is 3.38. The number of hydrogen-bond acceptors (Lipinski definition) is 2. The predicted molar refractivity (Wildman–Crippen MR) is 63.9 cm³/mol. The monoisotopic (exact) mass is 204 g/mol. The molecule has 1 aromatic carbocycles. The van der Waals surface area contributed by atoms with Gasteiger partial charge in [-0.1, -0.05) is 30.3 Å². The molecule has 82 valence electrons. The first-order chi connectivity index (χ1) is 7.27. The summed E-state index contributed by atoms with van der Waals surface area (Å²) in [6.07, 6.45) is 1.24. The number of rotatable bonds is 1. The highest BCUT2D eigenvalue weighted by atomic mass is 15.2. The highest BCUT2D eigenvalue weighted by molar-refractivity contribution is 5.19. The summed E-state index contributed by atoms with van der Waals surface area (Å²) in [5.41, 5.74) is 1.40. The van der Waals surface area contributed by atoms with Gasteiger partial charge in [-0.05, 0) is 32.5 Å². The number of hydrogen-bond donors (Lipinski definition) is 1. The van der Waals surface area contributed by atoms with Crippen LogP contribution >= 0.6 is 0 Å². The molecule has 1 fully saturated rings. The summed E-state index contributed by atoms with van der Waals surface area (Å²) in [7, 11) is 2.22. The first-order valence-electron chi connectivity index (χ1n) is 5.76. The summed E-state index contributed by atoms with van der Waals surface area (Å²) in [4.78, 5) is 2.44. The Morgan fingerprint density at radius 1 is 1.27 bits per heavy atom. The van der Waals surface area contributed by atoms with Crippen LogP contribution < -0.4 is 5.32 Å². The standard InChI is InChI=1S/C13H20N2/c1-11-8-9-14-13(10-15(11)2)12-6-4-3-5-7-12/h3-7,11,13-14H,8-10H2,1-2H3. The van der Waals surface area contributed by atoms with Gasteiger partial charge in [0, 0.05) is 18.6 Å². The molecule has 0 amide bonds. The molecule has 2 nitrogen and oxygen atoms in total. The average Bonchev–Trinajstić information content (AvgIpc) is 2.43. The maximum absolute atomic E-state index is 3.62. The van der Waals surface area contributed by atoms with Crippen molar-refractivity contribution >= 4 is 0 Å². The third-order valence-electron chi connectivity index (χ3n) is 3.38. The lowest BCUT2D eigenvalue weighted by Gasteiger charge is -2.24. The van der Waals surface area contributed by atoms with Crippen LogP contribution in [0.5, 0.6) is 0 Å². The van der Waals surface area contributed by atoms with Crippen LogP contribution in [-0.4, -0.2) is 31.1 Å². The minimum atomic E-state index is 0.487. The van der Waals surface area contributed by atoms with Crippen molar-refractivity contribution in [1.29, 1.82) is 0 Å². The van der Waals surface area contributed by atoms with E-state index in [9.17, 15) is 0 Å². The van der Waals surface area contributed by atoms with Crippen LogP contribution in [-0.2, 0) is 0 Å². The summed E-state index contributed by atoms with van der Waals surface area (Å²) in [6, 6.07) is 11.9. The fraction of sp³-hybridized carbons (Fsp3) is 0.538. The smallest absolute Gasteiger partial charge is 0.0449 e. The topological polar surface area (TPSA) is 15.3 Å². The Kier molecular flexibility index (Phi) is 3.39. The van der Waals surface area contributed by atoms with Crippen molar-refractivity contribution in [3.05, 3.63) is 35.9 Å². The number of benzene rings is 1. The summed E-state index contributed by atoms with van der Waals surface area (Å²) in [5, 5.41) is 3.62. The van der Waals surface area contributed by atoms with Crippen molar-refractivity contribution in [2.75, 3.05) is 20.1 Å². The van der Waals surface area contributed by atoms with E-state index in [-0.39, 0.29) is 0 Å². The molecule has 0 aromatic heterocycles. The van der Waals surface area contributed by atoms with Gasteiger partial charge in [0.2, 0.25) is 0 Å². The van der Waals surface area contributed by atoms with E-state index >= 15 is 0 Å². The van der Waals surface area contributed by atoms with Gasteiger partial charge in [0.1, 0.15) is 0 Å². The molecule has 1 aliphatic rings. The summed E-state index contributed by atoms with van der Waals surface area (Å²) < 4.78 is 0. The van der Waals surface area contributed by atoms with E-state index < -0.39 is 0 Å². The van der Waals surface area contributed by atoms with Crippen LogP contribution in [0, 0.1) is 0 Å². The molecule has 1 N–H and O–H groups in total. The molecule has 1 aromatic rings. The molecule has 1 saturated heterocycles. The maximum atomic E-state index is 3.62. The van der Waals surface area contributed by atoms with Crippen molar-refractivity contribution < 1.29 is 0 Å². The zero-order chi connectivity index (χ0) is 10.7. The molecule has 2 rings (SSSR count). The normalized spacial score (nSPS) is 28.7. The van der Waals surface area contributed by atoms with E-state index in [1.165, 1.54) is 12.0 Å². The largest absolute Gasteiger partial charge is 0.309 e. The molecular weight excluding hydrogens is 184 g/mol. The Morgan fingerprint density at radius 3 is 2.73 bits per heavy atom. The van der Waals surface area contributed by atoms with Gasteiger partial charge in [0.25, 0.3) is 0 Å². The lowest BCUT2D eigenvalue weighted by Crippen LogP contribution is -2.32. The molecule has 0 bridgehead atoms. The lowest BCUT2D eigenvalue weighted by atomic mass is 10.1. The maximum Gasteiger partial charge on any atom is 0.0449 e. The van der Waals surface area contributed by atoms with E-state index in [0.29, 0.717) is 12.1 Å². The van der Waals surface area contributed by atoms with Crippen LogP contribution in [0.4, 0.5) is 0 Å². The molecule has 2 heteroatoms. The molecule has 1 aliphatic heterocycles. The van der Waals surface area contributed by atoms with Gasteiger partial charge in [-0.2, -0.15) is 0 Å². The van der Waals surface area contributed by atoms with E-state index in [0.717, 1.165) is 13.1 Å². The minimum Gasteiger partial charge on any atom is -0.309 e. The SMILES string of the molecule is CC1CCNC(c2ccccc2)CN1C. The number of nitrogens with one attached hydrogen (secondary N) is 1. The fourth-order valence-electron chi connectivity index (χ4n) is 2.13. The predicted octanol–water partition coefficient (Wildman–Crippen LogP) is 2.04. The van der Waals surface area contributed by atoms with Crippen molar-refractivity contribution in [3.8, 4) is 0 Å². The fourth-order valence-corrected chi connectivity index (χ4v) is 2.13. The molecule has 0 radical (unpaired) electrons. The Bertz CT molecular complexity index is 297. The van der Waals surface area contributed by atoms with Crippen LogP contribution in [0.3, 0.4) is 0 Å². The van der Waals surface area contributed by atoms with Gasteiger partial charge in [0.15, 0.2) is 0 Å². The first-order valence-corrected chi connectivity index (χ1v) is 5.76. The van der Waals surface area contributed by atoms with E-state index in [1.54, 1.807) is 0 Å². The lowest BCUT2D eigenvalue weighted by molar-refractivity contribution is 0.253. The van der Waals surface area contributed by atoms with Crippen LogP contribution in [0.2, 0.25) is 0 Å². The Balaban J connectivity index is 2.10. The third kappa shape index (κ3) is 2.58. The number of nitrogens with zero attached hydrogens (tertiary/aromatic N) is 1. The second kappa shape index (κ2) is 4.77. The average molecular weight is 204 g/mol. The first kappa shape index (κ1) is 10.7. The summed E-state index contributed by atoms with van der Waals surface area (Å²) in [5.74, 6) is 0. The van der Waals surface area contributed by atoms with Crippen molar-refractivity contribution in [2.45, 2.75) is 25.4 Å².